The maximum atomic E-state index is 11.6. The van der Waals surface area contributed by atoms with Gasteiger partial charge in [0.25, 0.3) is 0 Å². The molecule has 0 bridgehead atoms. The van der Waals surface area contributed by atoms with Gasteiger partial charge in [0.1, 0.15) is 0 Å². The quantitative estimate of drug-likeness (QED) is 0.718. The van der Waals surface area contributed by atoms with Crippen LogP contribution in [0, 0.1) is 0 Å². The minimum absolute atomic E-state index is 0.378. The minimum atomic E-state index is 0.378. The Bertz CT molecular complexity index is 275. The lowest BCUT2D eigenvalue weighted by Crippen LogP contribution is -2.53. The van der Waals surface area contributed by atoms with E-state index in [9.17, 15) is 4.79 Å². The number of nitrogens with zero attached hydrogens (tertiary/aromatic N) is 2. The molecule has 0 radical (unpaired) electrons. The second-order valence-electron chi connectivity index (χ2n) is 5.33. The van der Waals surface area contributed by atoms with Gasteiger partial charge in [-0.05, 0) is 25.8 Å². The van der Waals surface area contributed by atoms with Crippen molar-refractivity contribution in [1.29, 1.82) is 0 Å². The van der Waals surface area contributed by atoms with Crippen molar-refractivity contribution in [2.75, 3.05) is 32.7 Å². The summed E-state index contributed by atoms with van der Waals surface area (Å²) in [6.45, 7) is 5.49. The first-order valence-electron chi connectivity index (χ1n) is 6.58. The zero-order chi connectivity index (χ0) is 11.0. The molecule has 0 aromatic rings. The molecule has 2 atom stereocenters. The highest BCUT2D eigenvalue weighted by atomic mass is 16.2. The Morgan fingerprint density at radius 1 is 1.31 bits per heavy atom. The van der Waals surface area contributed by atoms with Crippen molar-refractivity contribution in [2.24, 2.45) is 0 Å². The molecule has 90 valence electrons. The van der Waals surface area contributed by atoms with Crippen LogP contribution in [0.25, 0.3) is 0 Å². The number of hydrogen-bond acceptors (Lipinski definition) is 3. The zero-order valence-electron chi connectivity index (χ0n) is 9.82. The Morgan fingerprint density at radius 3 is 3.06 bits per heavy atom. The molecular weight excluding hydrogens is 202 g/mol. The predicted octanol–water partition coefficient (Wildman–Crippen LogP) is 0.0450. The fourth-order valence-electron chi connectivity index (χ4n) is 3.32. The fourth-order valence-corrected chi connectivity index (χ4v) is 3.32. The first-order chi connectivity index (χ1) is 7.83. The lowest BCUT2D eigenvalue weighted by Gasteiger charge is -2.38. The topological polar surface area (TPSA) is 35.6 Å². The van der Waals surface area contributed by atoms with Gasteiger partial charge in [0, 0.05) is 44.7 Å². The predicted molar refractivity (Wildman–Crippen MR) is 62.2 cm³/mol. The van der Waals surface area contributed by atoms with Gasteiger partial charge < -0.3 is 10.2 Å². The standard InChI is InChI=1S/C12H21N3O/c16-12-4-3-11-9-14(6-7-15(11)12)8-10-2-1-5-13-10/h10-11,13H,1-9H2/t10-,11?/m1/s1. The van der Waals surface area contributed by atoms with E-state index in [1.54, 1.807) is 0 Å². The monoisotopic (exact) mass is 223 g/mol. The molecule has 3 heterocycles. The number of hydrogen-bond donors (Lipinski definition) is 1. The molecule has 3 saturated heterocycles. The summed E-state index contributed by atoms with van der Waals surface area (Å²) < 4.78 is 0. The first kappa shape index (κ1) is 10.5. The van der Waals surface area contributed by atoms with Crippen molar-refractivity contribution in [2.45, 2.75) is 37.8 Å². The molecule has 0 aliphatic carbocycles. The number of carbonyl (C=O) groups is 1. The van der Waals surface area contributed by atoms with Gasteiger partial charge in [-0.2, -0.15) is 0 Å². The van der Waals surface area contributed by atoms with Crippen LogP contribution in [0.2, 0.25) is 0 Å². The Morgan fingerprint density at radius 2 is 2.25 bits per heavy atom. The minimum Gasteiger partial charge on any atom is -0.337 e. The average molecular weight is 223 g/mol. The number of fused-ring (bicyclic) bond motifs is 1. The molecule has 1 N–H and O–H groups in total. The van der Waals surface area contributed by atoms with E-state index in [1.165, 1.54) is 25.9 Å². The molecule has 3 aliphatic rings. The summed E-state index contributed by atoms with van der Waals surface area (Å²) in [5.41, 5.74) is 0. The van der Waals surface area contributed by atoms with Crippen LogP contribution in [0.5, 0.6) is 0 Å². The summed E-state index contributed by atoms with van der Waals surface area (Å²) in [7, 11) is 0. The molecule has 16 heavy (non-hydrogen) atoms. The molecule has 0 aromatic heterocycles. The smallest absolute Gasteiger partial charge is 0.222 e. The number of nitrogens with one attached hydrogen (secondary N) is 1. The molecule has 0 saturated carbocycles. The van der Waals surface area contributed by atoms with Crippen LogP contribution in [0.15, 0.2) is 0 Å². The fraction of sp³-hybridized carbons (Fsp3) is 0.917. The molecule has 3 rings (SSSR count). The van der Waals surface area contributed by atoms with Crippen molar-refractivity contribution >= 4 is 5.91 Å². The van der Waals surface area contributed by atoms with E-state index in [2.05, 4.69) is 15.1 Å². The van der Waals surface area contributed by atoms with Gasteiger partial charge in [-0.1, -0.05) is 0 Å². The third kappa shape index (κ3) is 1.96. The normalized spacial score (nSPS) is 35.8. The van der Waals surface area contributed by atoms with Gasteiger partial charge in [0.2, 0.25) is 5.91 Å². The molecule has 4 nitrogen and oxygen atoms in total. The molecule has 0 spiro atoms. The van der Waals surface area contributed by atoms with Crippen LogP contribution < -0.4 is 5.32 Å². The molecule has 1 amide bonds. The van der Waals surface area contributed by atoms with Crippen molar-refractivity contribution in [3.05, 3.63) is 0 Å². The summed E-state index contributed by atoms with van der Waals surface area (Å²) in [6.07, 6.45) is 4.50. The Kier molecular flexibility index (Phi) is 2.86. The highest BCUT2D eigenvalue weighted by Crippen LogP contribution is 2.23. The summed E-state index contributed by atoms with van der Waals surface area (Å²) in [5, 5.41) is 3.55. The molecule has 0 aromatic carbocycles. The van der Waals surface area contributed by atoms with Crippen molar-refractivity contribution in [3.63, 3.8) is 0 Å². The molecule has 1 unspecified atom stereocenters. The van der Waals surface area contributed by atoms with E-state index in [-0.39, 0.29) is 0 Å². The molecular formula is C12H21N3O. The second kappa shape index (κ2) is 4.34. The molecule has 4 heteroatoms. The van der Waals surface area contributed by atoms with Gasteiger partial charge in [0.15, 0.2) is 0 Å². The summed E-state index contributed by atoms with van der Waals surface area (Å²) in [4.78, 5) is 16.2. The van der Waals surface area contributed by atoms with Crippen molar-refractivity contribution < 1.29 is 4.79 Å². The third-order valence-electron chi connectivity index (χ3n) is 4.22. The lowest BCUT2D eigenvalue weighted by molar-refractivity contribution is -0.130. The largest absolute Gasteiger partial charge is 0.337 e. The third-order valence-corrected chi connectivity index (χ3v) is 4.22. The van der Waals surface area contributed by atoms with Crippen LogP contribution in [0.3, 0.4) is 0 Å². The van der Waals surface area contributed by atoms with Crippen LogP contribution >= 0.6 is 0 Å². The Balaban J connectivity index is 1.53. The van der Waals surface area contributed by atoms with E-state index in [0.717, 1.165) is 32.5 Å². The molecule has 3 aliphatic heterocycles. The first-order valence-corrected chi connectivity index (χ1v) is 6.58. The number of carbonyl (C=O) groups excluding carboxylic acids is 1. The number of rotatable bonds is 2. The summed E-state index contributed by atoms with van der Waals surface area (Å²) >= 11 is 0. The zero-order valence-corrected chi connectivity index (χ0v) is 9.82. The van der Waals surface area contributed by atoms with Crippen LogP contribution in [0.1, 0.15) is 25.7 Å². The van der Waals surface area contributed by atoms with Gasteiger partial charge in [-0.25, -0.2) is 0 Å². The van der Waals surface area contributed by atoms with E-state index in [4.69, 9.17) is 0 Å². The van der Waals surface area contributed by atoms with E-state index < -0.39 is 0 Å². The van der Waals surface area contributed by atoms with Crippen LogP contribution in [-0.2, 0) is 4.79 Å². The van der Waals surface area contributed by atoms with E-state index in [1.807, 2.05) is 0 Å². The van der Waals surface area contributed by atoms with Crippen molar-refractivity contribution in [1.82, 2.24) is 15.1 Å². The Labute approximate surface area is 97.0 Å². The maximum Gasteiger partial charge on any atom is 0.222 e. The van der Waals surface area contributed by atoms with Crippen molar-refractivity contribution in [3.8, 4) is 0 Å². The molecule has 3 fully saturated rings. The summed E-state index contributed by atoms with van der Waals surface area (Å²) in [6, 6.07) is 1.21. The highest BCUT2D eigenvalue weighted by molar-refractivity contribution is 5.78. The SMILES string of the molecule is O=C1CCC2CN(C[C@H]3CCCN3)CCN12. The lowest BCUT2D eigenvalue weighted by atomic mass is 10.1. The Hall–Kier alpha value is -0.610. The average Bonchev–Trinajstić information content (AvgIpc) is 2.90. The van der Waals surface area contributed by atoms with Gasteiger partial charge in [-0.15, -0.1) is 0 Å². The maximum absolute atomic E-state index is 11.6. The second-order valence-corrected chi connectivity index (χ2v) is 5.33. The van der Waals surface area contributed by atoms with E-state index >= 15 is 0 Å². The highest BCUT2D eigenvalue weighted by Gasteiger charge is 2.35. The van der Waals surface area contributed by atoms with Crippen LogP contribution in [-0.4, -0.2) is 60.5 Å². The number of amides is 1. The van der Waals surface area contributed by atoms with Gasteiger partial charge in [-0.3, -0.25) is 9.69 Å². The number of piperazine rings is 1. The van der Waals surface area contributed by atoms with Gasteiger partial charge >= 0.3 is 0 Å². The van der Waals surface area contributed by atoms with E-state index in [0.29, 0.717) is 18.0 Å². The summed E-state index contributed by atoms with van der Waals surface area (Å²) in [5.74, 6) is 0.378. The van der Waals surface area contributed by atoms with Crippen LogP contribution in [0.4, 0.5) is 0 Å². The van der Waals surface area contributed by atoms with Gasteiger partial charge in [0.05, 0.1) is 0 Å².